The first-order valence-electron chi connectivity index (χ1n) is 35.7. The maximum absolute atomic E-state index is 14.9. The van der Waals surface area contributed by atoms with Gasteiger partial charge in [-0.3, -0.25) is 41.1 Å². The Bertz CT molecular complexity index is 5520. The van der Waals surface area contributed by atoms with Crippen molar-refractivity contribution in [3.8, 4) is 0 Å². The fourth-order valence-electron chi connectivity index (χ4n) is 14.7. The van der Waals surface area contributed by atoms with Gasteiger partial charge in [0, 0.05) is 54.8 Å². The smallest absolute Gasteiger partial charge is 0.351 e. The lowest BCUT2D eigenvalue weighted by molar-refractivity contribution is -0.241. The van der Waals surface area contributed by atoms with Gasteiger partial charge in [-0.1, -0.05) is 11.8 Å². The minimum absolute atomic E-state index is 0.0133. The SMILES string of the molecule is CO[C@H]1C(OP([O-])(=S)OC[C@H]2O[C@@H](n3cnc4c(N)ncnc43)[C@@H](OC)C2OP(=O)([S-])O[C@H]2CCO[C@H]2CO)[C@@H](COP(=O)([O-])OC2[C@@H](COP(=O)([O-])OC3[C@@H](COP(=O)([O-])OC4[C@@H](C)O[C@@H](n5cnc6c(N)ncnc65)[C@H]4OC)O[C@@H](n4cnc5c(N)ncnc54)[C@H]3OC)O[C@@H](n3cnc4c(N)ncnc43)[C@H]2OC)O[C@H]1n1ccc(N)nc1=O. The molecule has 15 heterocycles. The van der Waals surface area contributed by atoms with E-state index in [1.54, 1.807) is 0 Å². The Labute approximate surface area is 685 Å². The topological polar surface area (TPSA) is 714 Å². The van der Waals surface area contributed by atoms with E-state index in [-0.39, 0.29) is 86.8 Å². The van der Waals surface area contributed by atoms with Gasteiger partial charge in [0.05, 0.1) is 70.6 Å². The van der Waals surface area contributed by atoms with E-state index in [1.165, 1.54) is 77.1 Å². The Hall–Kier alpha value is -7.04. The first-order valence-corrected chi connectivity index (χ1v) is 45.2. The van der Waals surface area contributed by atoms with Crippen LogP contribution >= 0.6 is 37.0 Å². The second-order valence-corrected chi connectivity index (χ2v) is 36.6. The zero-order chi connectivity index (χ0) is 85.2. The summed E-state index contributed by atoms with van der Waals surface area (Å²) in [5, 5.41) is 9.95. The fourth-order valence-corrected chi connectivity index (χ4v) is 20.8. The Kier molecular flexibility index (Phi) is 26.0. The number of nitrogens with two attached hydrogens (primary N) is 5. The summed E-state index contributed by atoms with van der Waals surface area (Å²) in [5.74, 6) is -0.386. The van der Waals surface area contributed by atoms with Crippen LogP contribution in [0.3, 0.4) is 0 Å². The molecule has 654 valence electrons. The molecule has 0 amide bonds. The van der Waals surface area contributed by atoms with Crippen LogP contribution in [0.15, 0.2) is 67.7 Å². The minimum Gasteiger partial charge on any atom is -0.780 e. The molecule has 15 rings (SSSR count). The molecule has 0 spiro atoms. The number of rotatable bonds is 35. The average molecular weight is 1820 g/mol. The number of aliphatic hydroxyl groups is 1. The average Bonchev–Trinajstić information content (AvgIpc) is 1.65. The van der Waals surface area contributed by atoms with Gasteiger partial charge in [-0.05, 0) is 13.0 Å². The zero-order valence-corrected chi connectivity index (χ0v) is 69.2. The fraction of sp³-hybridized carbons (Fsp3) is 0.593. The van der Waals surface area contributed by atoms with Gasteiger partial charge >= 0.3 is 5.69 Å². The number of aliphatic hydroxyl groups excluding tert-OH is 1. The van der Waals surface area contributed by atoms with Crippen LogP contribution in [-0.2, 0) is 140 Å². The summed E-state index contributed by atoms with van der Waals surface area (Å²) in [7, 11) is -11.6. The summed E-state index contributed by atoms with van der Waals surface area (Å²) >= 11 is 10.9. The van der Waals surface area contributed by atoms with Crippen LogP contribution in [0.25, 0.3) is 44.7 Å². The van der Waals surface area contributed by atoms with Gasteiger partial charge in [0.2, 0.25) is 6.80 Å². The maximum atomic E-state index is 14.9. The predicted molar refractivity (Wildman–Crippen MR) is 398 cm³/mol. The molecule has 6 fully saturated rings. The van der Waals surface area contributed by atoms with Crippen molar-refractivity contribution in [1.82, 2.24) is 87.6 Å². The quantitative estimate of drug-likeness (QED) is 0.0169. The van der Waals surface area contributed by atoms with Crippen molar-refractivity contribution in [2.45, 2.75) is 148 Å². The molecule has 0 aromatic carbocycles. The lowest BCUT2D eigenvalue weighted by atomic mass is 10.1. The van der Waals surface area contributed by atoms with Crippen molar-refractivity contribution in [2.24, 2.45) is 0 Å². The lowest BCUT2D eigenvalue weighted by Crippen LogP contribution is -2.41. The Balaban J connectivity index is 0.680. The third kappa shape index (κ3) is 17.9. The summed E-state index contributed by atoms with van der Waals surface area (Å²) in [6.45, 7) is -13.0. The Morgan fingerprint density at radius 3 is 1.16 bits per heavy atom. The molecule has 6 aliphatic rings. The van der Waals surface area contributed by atoms with E-state index >= 15 is 0 Å². The highest BCUT2D eigenvalue weighted by Crippen LogP contribution is 2.57. The number of methoxy groups -OCH3 is 5. The van der Waals surface area contributed by atoms with E-state index in [9.17, 15) is 47.7 Å². The van der Waals surface area contributed by atoms with E-state index < -0.39 is 211 Å². The second kappa shape index (κ2) is 35.5. The number of fused-ring (bicyclic) bond motifs is 4. The number of hydrogen-bond acceptors (Lipinski definition) is 51. The molecule has 6 aliphatic heterocycles. The van der Waals surface area contributed by atoms with Crippen LogP contribution in [0.5, 0.6) is 0 Å². The first-order chi connectivity index (χ1) is 57.2. The van der Waals surface area contributed by atoms with Crippen molar-refractivity contribution < 1.29 is 140 Å². The molecule has 0 aliphatic carbocycles. The summed E-state index contributed by atoms with van der Waals surface area (Å²) in [6.07, 6.45) is -22.5. The molecular formula is C59H75N23O31P5S2-5. The standard InChI is InChI=1S/C59H80N23O31P5S2/c1-24-36(41(93-2)55(103-24)79-20-73-32-46(61)65-16-69-50(32)79)109-114(85,86)99-12-27-37(42(94-3)56(105-27)80-21-74-33-47(62)66-17-70-51(33)80)110-115(87,88)100-13-28-38(43(95-4)57(106-28)81-22-75-34-48(63)67-18-71-52(34)81)111-116(89,90)101-14-29-39(44(96-5)54(104-29)78-9-7-31(60)77-59(78)84)112-117(91,119)102-15-30-40(113-118(92,120)108-25-8-10-98-26(25)11-83)45(97-6)58(107-30)82-23-76-35-49(64)68-19-72-53(35)82/h7,9,16-30,36-45,54-58,83H,8,10-15H2,1-6H3,(H,85,86)(H,87,88)(H,89,90)(H,91,119)(H,92,120)(H2,60,77,84)(H2,61,65,69)(H2,62,66,70)(H2,63,67,71)(H2,64,68,72)/p-5/t24-,25+,26+,27-,28-,29-,30-,36?,37?,38?,39?,40?,41+,42+,43+,44+,45+,54-,55-,56-,57-,58-,117?,118?/m1/s1. The van der Waals surface area contributed by atoms with Crippen molar-refractivity contribution in [3.63, 3.8) is 0 Å². The number of nitrogen functional groups attached to an aromatic ring is 5. The van der Waals surface area contributed by atoms with Gasteiger partial charge in [-0.15, -0.1) is 0 Å². The molecule has 9 aromatic heterocycles. The van der Waals surface area contributed by atoms with Crippen LogP contribution in [0, 0.1) is 0 Å². The highest BCUT2D eigenvalue weighted by atomic mass is 32.7. The van der Waals surface area contributed by atoms with E-state index in [1.807, 2.05) is 0 Å². The number of nitrogens with zero attached hydrogens (tertiary/aromatic N) is 18. The third-order valence-corrected chi connectivity index (χ3v) is 26.1. The number of ether oxygens (including phenoxy) is 11. The van der Waals surface area contributed by atoms with Gasteiger partial charge in [0.15, 0.2) is 77.0 Å². The number of aromatic nitrogens is 18. The first kappa shape index (κ1) is 87.8. The largest absolute Gasteiger partial charge is 0.780 e. The van der Waals surface area contributed by atoms with Crippen molar-refractivity contribution in [1.29, 1.82) is 0 Å². The molecule has 6 saturated heterocycles. The van der Waals surface area contributed by atoms with Gasteiger partial charge in [0.1, 0.15) is 151 Å². The van der Waals surface area contributed by atoms with E-state index in [0.29, 0.717) is 0 Å². The van der Waals surface area contributed by atoms with Crippen molar-refractivity contribution >= 4 is 135 Å². The van der Waals surface area contributed by atoms with E-state index in [0.717, 1.165) is 51.1 Å². The number of imidazole rings is 4. The Morgan fingerprint density at radius 1 is 0.458 bits per heavy atom. The molecule has 120 heavy (non-hydrogen) atoms. The zero-order valence-electron chi connectivity index (χ0n) is 63.1. The normalized spacial score (nSPS) is 32.3. The Morgan fingerprint density at radius 2 is 0.792 bits per heavy atom. The molecule has 10 unspecified atom stereocenters. The van der Waals surface area contributed by atoms with Crippen LogP contribution < -0.4 is 53.9 Å². The number of hydrogen-bond donors (Lipinski definition) is 6. The van der Waals surface area contributed by atoms with Gasteiger partial charge < -0.3 is 163 Å². The monoisotopic (exact) mass is 1820 g/mol. The summed E-state index contributed by atoms with van der Waals surface area (Å²) in [6, 6.07) is 1.20. The highest BCUT2D eigenvalue weighted by Gasteiger charge is 2.56. The van der Waals surface area contributed by atoms with E-state index in [4.69, 9.17) is 150 Å². The predicted octanol–water partition coefficient (Wildman–Crippen LogP) is -3.10. The van der Waals surface area contributed by atoms with Gasteiger partial charge in [-0.25, -0.2) is 64.6 Å². The summed E-state index contributed by atoms with van der Waals surface area (Å²) in [4.78, 5) is 126. The molecule has 61 heteroatoms. The molecule has 0 saturated carbocycles. The van der Waals surface area contributed by atoms with Crippen LogP contribution in [0.2, 0.25) is 0 Å². The lowest BCUT2D eigenvalue weighted by Gasteiger charge is -2.36. The third-order valence-electron chi connectivity index (χ3n) is 20.1. The van der Waals surface area contributed by atoms with Crippen molar-refractivity contribution in [2.75, 3.05) is 104 Å². The van der Waals surface area contributed by atoms with E-state index in [2.05, 4.69) is 64.8 Å². The molecule has 0 radical (unpaired) electrons. The maximum Gasteiger partial charge on any atom is 0.351 e. The molecular weight excluding hydrogens is 1750 g/mol. The molecule has 0 bridgehead atoms. The second-order valence-electron chi connectivity index (χ2n) is 27.2. The highest BCUT2D eigenvalue weighted by molar-refractivity contribution is 8.32. The number of phosphoric acid groups is 3. The van der Waals surface area contributed by atoms with Crippen LogP contribution in [-0.4, -0.2) is 272 Å². The number of phosphoric ester groups is 3. The summed E-state index contributed by atoms with van der Waals surface area (Å²) < 4.78 is 188. The van der Waals surface area contributed by atoms with Crippen molar-refractivity contribution in [3.05, 3.63) is 73.4 Å². The van der Waals surface area contributed by atoms with Crippen LogP contribution in [0.1, 0.15) is 44.5 Å². The molecule has 9 aromatic rings. The van der Waals surface area contributed by atoms with Gasteiger partial charge in [-0.2, -0.15) is 4.98 Å². The van der Waals surface area contributed by atoms with Crippen LogP contribution in [0.4, 0.5) is 29.1 Å². The van der Waals surface area contributed by atoms with Gasteiger partial charge in [0.25, 0.3) is 23.5 Å². The number of anilines is 5. The minimum atomic E-state index is -6.00. The summed E-state index contributed by atoms with van der Waals surface area (Å²) in [5.41, 5.74) is 30.0. The molecule has 27 atom stereocenters. The molecule has 54 nitrogen and oxygen atoms in total. The molecule has 11 N–H and O–H groups in total.